The number of morpholine rings is 1. The molecule has 1 aromatic carbocycles. The van der Waals surface area contributed by atoms with Crippen molar-refractivity contribution in [2.45, 2.75) is 38.7 Å². The van der Waals surface area contributed by atoms with E-state index in [9.17, 15) is 9.18 Å². The number of halogens is 1. The molecule has 0 spiro atoms. The van der Waals surface area contributed by atoms with Crippen molar-refractivity contribution >= 4 is 5.91 Å². The Labute approximate surface area is 179 Å². The van der Waals surface area contributed by atoms with E-state index in [0.29, 0.717) is 54.8 Å². The average molecular weight is 425 g/mol. The molecule has 0 saturated carbocycles. The van der Waals surface area contributed by atoms with Crippen LogP contribution in [0.1, 0.15) is 49.8 Å². The van der Waals surface area contributed by atoms with Crippen LogP contribution in [0.5, 0.6) is 0 Å². The second-order valence-electron chi connectivity index (χ2n) is 7.66. The first-order chi connectivity index (χ1) is 15.0. The van der Waals surface area contributed by atoms with Crippen LogP contribution < -0.4 is 0 Å². The van der Waals surface area contributed by atoms with Crippen LogP contribution in [-0.4, -0.2) is 50.7 Å². The molecule has 0 radical (unpaired) electrons. The minimum atomic E-state index is -0.489. The summed E-state index contributed by atoms with van der Waals surface area (Å²) in [5.41, 5.74) is 1.30. The molecule has 0 N–H and O–H groups in total. The molecule has 1 aliphatic heterocycles. The Morgan fingerprint density at radius 1 is 1.23 bits per heavy atom. The zero-order valence-corrected chi connectivity index (χ0v) is 17.5. The van der Waals surface area contributed by atoms with Gasteiger partial charge in [0.05, 0.1) is 24.5 Å². The van der Waals surface area contributed by atoms with E-state index in [4.69, 9.17) is 9.15 Å². The Morgan fingerprint density at radius 3 is 2.81 bits per heavy atom. The summed E-state index contributed by atoms with van der Waals surface area (Å²) in [5.74, 6) is 0.754. The van der Waals surface area contributed by atoms with Crippen LogP contribution in [0.2, 0.25) is 0 Å². The molecule has 0 aliphatic carbocycles. The van der Waals surface area contributed by atoms with Crippen LogP contribution >= 0.6 is 0 Å². The van der Waals surface area contributed by atoms with Crippen molar-refractivity contribution in [1.82, 2.24) is 25.1 Å². The number of amides is 1. The summed E-state index contributed by atoms with van der Waals surface area (Å²) in [6.45, 7) is 5.10. The first kappa shape index (κ1) is 21.0. The zero-order valence-electron chi connectivity index (χ0n) is 17.5. The summed E-state index contributed by atoms with van der Waals surface area (Å²) in [5, 5.41) is 8.00. The fourth-order valence-electron chi connectivity index (χ4n) is 3.46. The second kappa shape index (κ2) is 9.30. The Kier molecular flexibility index (Phi) is 6.31. The van der Waals surface area contributed by atoms with Gasteiger partial charge in [0.2, 0.25) is 17.7 Å². The van der Waals surface area contributed by atoms with E-state index < -0.39 is 6.10 Å². The third kappa shape index (κ3) is 4.77. The van der Waals surface area contributed by atoms with Gasteiger partial charge in [0, 0.05) is 43.3 Å². The normalized spacial score (nSPS) is 16.6. The fraction of sp³-hybridized carbons (Fsp3) is 0.409. The van der Waals surface area contributed by atoms with Crippen molar-refractivity contribution in [2.75, 3.05) is 19.7 Å². The van der Waals surface area contributed by atoms with Crippen LogP contribution in [0.4, 0.5) is 4.39 Å². The van der Waals surface area contributed by atoms with Crippen molar-refractivity contribution in [3.8, 4) is 11.3 Å². The minimum absolute atomic E-state index is 0.0334. The molecule has 2 aromatic heterocycles. The lowest BCUT2D eigenvalue weighted by Gasteiger charge is -2.33. The van der Waals surface area contributed by atoms with Crippen LogP contribution in [0.3, 0.4) is 0 Å². The number of aromatic nitrogens is 4. The number of rotatable bonds is 6. The number of aryl methyl sites for hydroxylation is 1. The quantitative estimate of drug-likeness (QED) is 0.598. The summed E-state index contributed by atoms with van der Waals surface area (Å²) in [4.78, 5) is 23.2. The molecule has 8 nitrogen and oxygen atoms in total. The van der Waals surface area contributed by atoms with Crippen molar-refractivity contribution in [3.63, 3.8) is 0 Å². The summed E-state index contributed by atoms with van der Waals surface area (Å²) >= 11 is 0. The molecule has 1 fully saturated rings. The molecule has 31 heavy (non-hydrogen) atoms. The van der Waals surface area contributed by atoms with E-state index in [1.54, 1.807) is 29.3 Å². The molecule has 4 rings (SSSR count). The van der Waals surface area contributed by atoms with E-state index in [1.807, 2.05) is 13.8 Å². The highest BCUT2D eigenvalue weighted by atomic mass is 19.1. The lowest BCUT2D eigenvalue weighted by atomic mass is 10.0. The summed E-state index contributed by atoms with van der Waals surface area (Å²) in [6.07, 6.45) is 3.22. The summed E-state index contributed by atoms with van der Waals surface area (Å²) < 4.78 is 25.8. The van der Waals surface area contributed by atoms with Crippen molar-refractivity contribution < 1.29 is 18.3 Å². The maximum Gasteiger partial charge on any atom is 0.223 e. The molecule has 162 valence electrons. The third-order valence-electron chi connectivity index (χ3n) is 5.11. The number of hydrogen-bond donors (Lipinski definition) is 0. The van der Waals surface area contributed by atoms with Crippen LogP contribution in [0.15, 0.2) is 41.1 Å². The molecule has 3 aromatic rings. The van der Waals surface area contributed by atoms with Gasteiger partial charge in [0.1, 0.15) is 11.9 Å². The average Bonchev–Trinajstić information content (AvgIpc) is 3.27. The van der Waals surface area contributed by atoms with Crippen LogP contribution in [-0.2, 0) is 16.0 Å². The Bertz CT molecular complexity index is 1050. The van der Waals surface area contributed by atoms with E-state index in [0.717, 1.165) is 0 Å². The van der Waals surface area contributed by atoms with Gasteiger partial charge in [-0.1, -0.05) is 26.0 Å². The van der Waals surface area contributed by atoms with Gasteiger partial charge in [-0.25, -0.2) is 4.39 Å². The summed E-state index contributed by atoms with van der Waals surface area (Å²) in [6, 6.07) is 6.41. The Hall–Kier alpha value is -3.20. The van der Waals surface area contributed by atoms with E-state index in [2.05, 4.69) is 20.2 Å². The number of hydrogen-bond acceptors (Lipinski definition) is 7. The van der Waals surface area contributed by atoms with Gasteiger partial charge in [0.25, 0.3) is 0 Å². The Balaban J connectivity index is 1.45. The first-order valence-corrected chi connectivity index (χ1v) is 10.3. The van der Waals surface area contributed by atoms with Crippen molar-refractivity contribution in [2.24, 2.45) is 0 Å². The number of ether oxygens (including phenoxy) is 1. The monoisotopic (exact) mass is 425 g/mol. The number of carbonyl (C=O) groups excluding carboxylic acids is 1. The smallest absolute Gasteiger partial charge is 0.223 e. The number of benzene rings is 1. The van der Waals surface area contributed by atoms with Gasteiger partial charge in [-0.05, 0) is 12.1 Å². The maximum atomic E-state index is 14.3. The number of carbonyl (C=O) groups is 1. The van der Waals surface area contributed by atoms with Crippen LogP contribution in [0, 0.1) is 5.82 Å². The van der Waals surface area contributed by atoms with Gasteiger partial charge in [-0.15, -0.1) is 10.2 Å². The topological polar surface area (TPSA) is 94.2 Å². The summed E-state index contributed by atoms with van der Waals surface area (Å²) in [7, 11) is 0. The first-order valence-electron chi connectivity index (χ1n) is 10.3. The molecule has 1 aliphatic rings. The van der Waals surface area contributed by atoms with Crippen LogP contribution in [0.25, 0.3) is 11.3 Å². The number of nitrogens with zero attached hydrogens (tertiary/aromatic N) is 5. The zero-order chi connectivity index (χ0) is 21.8. The predicted octanol–water partition coefficient (Wildman–Crippen LogP) is 3.32. The lowest BCUT2D eigenvalue weighted by molar-refractivity contribution is -0.139. The second-order valence-corrected chi connectivity index (χ2v) is 7.66. The minimum Gasteiger partial charge on any atom is -0.425 e. The molecular formula is C22H24FN5O3. The molecule has 0 unspecified atom stereocenters. The SMILES string of the molecule is CC(C)c1nnc(CCC(=O)N2CCO[C@H](c3nccnc3-c3ccccc3F)C2)o1. The maximum absolute atomic E-state index is 14.3. The molecule has 9 heteroatoms. The van der Waals surface area contributed by atoms with E-state index >= 15 is 0 Å². The molecule has 1 saturated heterocycles. The van der Waals surface area contributed by atoms with Gasteiger partial charge < -0.3 is 14.1 Å². The van der Waals surface area contributed by atoms with E-state index in [1.165, 1.54) is 12.3 Å². The highest BCUT2D eigenvalue weighted by molar-refractivity contribution is 5.76. The molecule has 1 atom stereocenters. The standard InChI is InChI=1S/C22H24FN5O3/c1-14(2)22-27-26-18(31-22)7-8-19(29)28-11-12-30-17(13-28)21-20(24-9-10-25-21)15-5-3-4-6-16(15)23/h3-6,9-10,14,17H,7-8,11-13H2,1-2H3/t17-/m0/s1. The lowest BCUT2D eigenvalue weighted by Crippen LogP contribution is -2.42. The molecule has 1 amide bonds. The largest absolute Gasteiger partial charge is 0.425 e. The fourth-order valence-corrected chi connectivity index (χ4v) is 3.46. The third-order valence-corrected chi connectivity index (χ3v) is 5.11. The Morgan fingerprint density at radius 2 is 2.03 bits per heavy atom. The van der Waals surface area contributed by atoms with Gasteiger partial charge in [-0.3, -0.25) is 14.8 Å². The molecule has 0 bridgehead atoms. The van der Waals surface area contributed by atoms with Gasteiger partial charge in [0.15, 0.2) is 0 Å². The van der Waals surface area contributed by atoms with Gasteiger partial charge in [-0.2, -0.15) is 0 Å². The van der Waals surface area contributed by atoms with Crippen molar-refractivity contribution in [3.05, 3.63) is 60.0 Å². The predicted molar refractivity (Wildman–Crippen MR) is 109 cm³/mol. The van der Waals surface area contributed by atoms with Crippen molar-refractivity contribution in [1.29, 1.82) is 0 Å². The highest BCUT2D eigenvalue weighted by Gasteiger charge is 2.29. The molecule has 3 heterocycles. The van der Waals surface area contributed by atoms with Gasteiger partial charge >= 0.3 is 0 Å². The van der Waals surface area contributed by atoms with E-state index in [-0.39, 0.29) is 24.1 Å². The highest BCUT2D eigenvalue weighted by Crippen LogP contribution is 2.30. The molecular weight excluding hydrogens is 401 g/mol.